The van der Waals surface area contributed by atoms with Crippen molar-refractivity contribution < 1.29 is 19.1 Å². The number of ether oxygens (including phenoxy) is 2. The standard InChI is InChI=1S/C20H23ClN2O4/c1-14(20(25)22-2)23(12-15-7-9-17(26-3)10-8-15)19(24)13-27-18-6-4-5-16(21)11-18/h4-11,14H,12-13H2,1-3H3,(H,22,25)/t14-/m0/s1. The quantitative estimate of drug-likeness (QED) is 0.752. The highest BCUT2D eigenvalue weighted by Crippen LogP contribution is 2.18. The van der Waals surface area contributed by atoms with E-state index in [2.05, 4.69) is 5.32 Å². The highest BCUT2D eigenvalue weighted by molar-refractivity contribution is 6.30. The Balaban J connectivity index is 2.12. The molecule has 1 atom stereocenters. The number of nitrogens with zero attached hydrogens (tertiary/aromatic N) is 1. The second-order valence-corrected chi connectivity index (χ2v) is 6.34. The van der Waals surface area contributed by atoms with E-state index in [9.17, 15) is 9.59 Å². The van der Waals surface area contributed by atoms with Crippen LogP contribution in [0.15, 0.2) is 48.5 Å². The molecule has 2 aromatic carbocycles. The molecule has 2 amide bonds. The van der Waals surface area contributed by atoms with Crippen molar-refractivity contribution in [3.63, 3.8) is 0 Å². The lowest BCUT2D eigenvalue weighted by Gasteiger charge is -2.28. The number of hydrogen-bond donors (Lipinski definition) is 1. The largest absolute Gasteiger partial charge is 0.497 e. The number of halogens is 1. The molecule has 1 N–H and O–H groups in total. The molecule has 0 saturated carbocycles. The van der Waals surface area contributed by atoms with Gasteiger partial charge in [-0.25, -0.2) is 0 Å². The van der Waals surface area contributed by atoms with Crippen LogP contribution in [0.5, 0.6) is 11.5 Å². The van der Waals surface area contributed by atoms with Crippen molar-refractivity contribution in [1.29, 1.82) is 0 Å². The molecule has 0 aliphatic rings. The van der Waals surface area contributed by atoms with Crippen molar-refractivity contribution >= 4 is 23.4 Å². The molecule has 0 spiro atoms. The molecule has 0 radical (unpaired) electrons. The molecule has 0 aromatic heterocycles. The van der Waals surface area contributed by atoms with Crippen LogP contribution in [0, 0.1) is 0 Å². The summed E-state index contributed by atoms with van der Waals surface area (Å²) in [6.45, 7) is 1.76. The fourth-order valence-corrected chi connectivity index (χ4v) is 2.68. The molecule has 0 heterocycles. The van der Waals surface area contributed by atoms with Gasteiger partial charge in [0.1, 0.15) is 17.5 Å². The number of carbonyl (C=O) groups is 2. The molecule has 0 unspecified atom stereocenters. The number of amides is 2. The van der Waals surface area contributed by atoms with Crippen LogP contribution in [-0.4, -0.2) is 43.5 Å². The lowest BCUT2D eigenvalue weighted by molar-refractivity contribution is -0.142. The predicted octanol–water partition coefficient (Wildman–Crippen LogP) is 2.89. The van der Waals surface area contributed by atoms with Crippen LogP contribution in [0.2, 0.25) is 5.02 Å². The van der Waals surface area contributed by atoms with Crippen molar-refractivity contribution in [2.75, 3.05) is 20.8 Å². The van der Waals surface area contributed by atoms with Gasteiger partial charge in [-0.3, -0.25) is 9.59 Å². The van der Waals surface area contributed by atoms with Gasteiger partial charge in [-0.1, -0.05) is 29.8 Å². The van der Waals surface area contributed by atoms with Gasteiger partial charge in [0.05, 0.1) is 7.11 Å². The van der Waals surface area contributed by atoms with Gasteiger partial charge in [0.2, 0.25) is 5.91 Å². The molecular weight excluding hydrogens is 368 g/mol. The first-order chi connectivity index (χ1) is 12.9. The number of benzene rings is 2. The molecule has 0 saturated heterocycles. The lowest BCUT2D eigenvalue weighted by Crippen LogP contribution is -2.48. The summed E-state index contributed by atoms with van der Waals surface area (Å²) in [5, 5.41) is 3.10. The third kappa shape index (κ3) is 5.89. The third-order valence-corrected chi connectivity index (χ3v) is 4.32. The molecule has 27 heavy (non-hydrogen) atoms. The minimum atomic E-state index is -0.646. The van der Waals surface area contributed by atoms with E-state index in [1.807, 2.05) is 24.3 Å². The number of likely N-dealkylation sites (N-methyl/N-ethyl adjacent to an activating group) is 1. The first-order valence-corrected chi connectivity index (χ1v) is 8.84. The number of nitrogens with one attached hydrogen (secondary N) is 1. The maximum Gasteiger partial charge on any atom is 0.261 e. The van der Waals surface area contributed by atoms with Gasteiger partial charge in [-0.2, -0.15) is 0 Å². The zero-order valence-electron chi connectivity index (χ0n) is 15.6. The molecule has 0 fully saturated rings. The van der Waals surface area contributed by atoms with E-state index < -0.39 is 6.04 Å². The van der Waals surface area contributed by atoms with E-state index in [0.29, 0.717) is 10.8 Å². The lowest BCUT2D eigenvalue weighted by atomic mass is 10.1. The molecule has 2 rings (SSSR count). The van der Waals surface area contributed by atoms with Crippen LogP contribution in [-0.2, 0) is 16.1 Å². The molecule has 0 bridgehead atoms. The Kier molecular flexibility index (Phi) is 7.49. The molecule has 2 aromatic rings. The zero-order chi connectivity index (χ0) is 19.8. The fourth-order valence-electron chi connectivity index (χ4n) is 2.50. The highest BCUT2D eigenvalue weighted by atomic mass is 35.5. The van der Waals surface area contributed by atoms with Crippen LogP contribution < -0.4 is 14.8 Å². The van der Waals surface area contributed by atoms with Crippen LogP contribution >= 0.6 is 11.6 Å². The summed E-state index contributed by atoms with van der Waals surface area (Å²) in [7, 11) is 3.13. The summed E-state index contributed by atoms with van der Waals surface area (Å²) < 4.78 is 10.7. The first-order valence-electron chi connectivity index (χ1n) is 8.47. The Morgan fingerprint density at radius 2 is 1.85 bits per heavy atom. The minimum absolute atomic E-state index is 0.197. The molecular formula is C20H23ClN2O4. The molecule has 0 aliphatic carbocycles. The van der Waals surface area contributed by atoms with Crippen molar-refractivity contribution in [1.82, 2.24) is 10.2 Å². The topological polar surface area (TPSA) is 67.9 Å². The number of rotatable bonds is 8. The van der Waals surface area contributed by atoms with E-state index in [4.69, 9.17) is 21.1 Å². The van der Waals surface area contributed by atoms with Gasteiger partial charge in [-0.05, 0) is 42.8 Å². The van der Waals surface area contributed by atoms with E-state index in [1.165, 1.54) is 11.9 Å². The summed E-state index contributed by atoms with van der Waals surface area (Å²) in [4.78, 5) is 26.3. The second-order valence-electron chi connectivity index (χ2n) is 5.91. The summed E-state index contributed by atoms with van der Waals surface area (Å²) in [6, 6.07) is 13.5. The first kappa shape index (κ1) is 20.6. The van der Waals surface area contributed by atoms with Crippen molar-refractivity contribution in [2.24, 2.45) is 0 Å². The van der Waals surface area contributed by atoms with Crippen molar-refractivity contribution in [2.45, 2.75) is 19.5 Å². The van der Waals surface area contributed by atoms with Crippen LogP contribution in [0.1, 0.15) is 12.5 Å². The summed E-state index contributed by atoms with van der Waals surface area (Å²) in [5.74, 6) is 0.662. The normalized spacial score (nSPS) is 11.4. The molecule has 144 valence electrons. The highest BCUT2D eigenvalue weighted by Gasteiger charge is 2.25. The monoisotopic (exact) mass is 390 g/mol. The smallest absolute Gasteiger partial charge is 0.261 e. The predicted molar refractivity (Wildman–Crippen MR) is 104 cm³/mol. The van der Waals surface area contributed by atoms with Gasteiger partial charge in [0.15, 0.2) is 6.61 Å². The third-order valence-electron chi connectivity index (χ3n) is 4.08. The van der Waals surface area contributed by atoms with Crippen LogP contribution in [0.25, 0.3) is 0 Å². The number of methoxy groups -OCH3 is 1. The molecule has 6 nitrogen and oxygen atoms in total. The van der Waals surface area contributed by atoms with E-state index >= 15 is 0 Å². The minimum Gasteiger partial charge on any atom is -0.497 e. The Morgan fingerprint density at radius 1 is 1.15 bits per heavy atom. The van der Waals surface area contributed by atoms with E-state index in [0.717, 1.165) is 11.3 Å². The Labute approximate surface area is 164 Å². The summed E-state index contributed by atoms with van der Waals surface area (Å²) >= 11 is 5.93. The zero-order valence-corrected chi connectivity index (χ0v) is 16.3. The average Bonchev–Trinajstić information content (AvgIpc) is 2.69. The van der Waals surface area contributed by atoms with E-state index in [1.54, 1.807) is 38.3 Å². The van der Waals surface area contributed by atoms with E-state index in [-0.39, 0.29) is 25.0 Å². The van der Waals surface area contributed by atoms with Gasteiger partial charge >= 0.3 is 0 Å². The maximum atomic E-state index is 12.8. The Bertz CT molecular complexity index is 780. The Hall–Kier alpha value is -2.73. The van der Waals surface area contributed by atoms with Gasteiger partial charge in [0.25, 0.3) is 5.91 Å². The molecule has 0 aliphatic heterocycles. The molecule has 7 heteroatoms. The summed E-state index contributed by atoms with van der Waals surface area (Å²) in [5.41, 5.74) is 0.877. The number of hydrogen-bond acceptors (Lipinski definition) is 4. The van der Waals surface area contributed by atoms with Gasteiger partial charge < -0.3 is 19.7 Å². The Morgan fingerprint density at radius 3 is 2.44 bits per heavy atom. The van der Waals surface area contributed by atoms with Crippen LogP contribution in [0.4, 0.5) is 0 Å². The summed E-state index contributed by atoms with van der Waals surface area (Å²) in [6.07, 6.45) is 0. The van der Waals surface area contributed by atoms with Gasteiger partial charge in [0, 0.05) is 18.6 Å². The fraction of sp³-hybridized carbons (Fsp3) is 0.300. The van der Waals surface area contributed by atoms with Crippen molar-refractivity contribution in [3.05, 3.63) is 59.1 Å². The SMILES string of the molecule is CNC(=O)[C@H](C)N(Cc1ccc(OC)cc1)C(=O)COc1cccc(Cl)c1. The number of carbonyl (C=O) groups excluding carboxylic acids is 2. The van der Waals surface area contributed by atoms with Crippen LogP contribution in [0.3, 0.4) is 0 Å². The second kappa shape index (κ2) is 9.83. The van der Waals surface area contributed by atoms with Gasteiger partial charge in [-0.15, -0.1) is 0 Å². The maximum absolute atomic E-state index is 12.8. The average molecular weight is 391 g/mol. The van der Waals surface area contributed by atoms with Crippen molar-refractivity contribution in [3.8, 4) is 11.5 Å².